The molecule has 1 aromatic heterocycles. The summed E-state index contributed by atoms with van der Waals surface area (Å²) in [6.45, 7) is 11.1. The molecule has 2 heterocycles. The summed E-state index contributed by atoms with van der Waals surface area (Å²) >= 11 is 0. The van der Waals surface area contributed by atoms with Gasteiger partial charge in [-0.05, 0) is 96.0 Å². The van der Waals surface area contributed by atoms with E-state index in [1.165, 1.54) is 12.1 Å². The van der Waals surface area contributed by atoms with Gasteiger partial charge in [0, 0.05) is 75.6 Å². The van der Waals surface area contributed by atoms with Crippen molar-refractivity contribution in [1.82, 2.24) is 20.5 Å². The lowest BCUT2D eigenvalue weighted by atomic mass is 10.0. The number of carbonyl (C=O) groups excluding carboxylic acids is 3. The number of likely N-dealkylation sites (tertiary alicyclic amines) is 1. The number of allylic oxidation sites excluding steroid dienone is 4. The van der Waals surface area contributed by atoms with Crippen LogP contribution in [-0.2, 0) is 27.3 Å². The third-order valence-electron chi connectivity index (χ3n) is 11.4. The number of amides is 3. The Bertz CT molecular complexity index is 2560. The minimum absolute atomic E-state index is 0.0340. The highest BCUT2D eigenvalue weighted by atomic mass is 16.6. The number of phenols is 1. The summed E-state index contributed by atoms with van der Waals surface area (Å²) in [6, 6.07) is 27.4. The average Bonchev–Trinajstić information content (AvgIpc) is 3.29. The highest BCUT2D eigenvalue weighted by Gasteiger charge is 2.23. The molecule has 4 aromatic carbocycles. The van der Waals surface area contributed by atoms with E-state index >= 15 is 0 Å². The maximum absolute atomic E-state index is 13.3. The molecular formula is C51H58N6O7. The van der Waals surface area contributed by atoms with Crippen LogP contribution in [0.5, 0.6) is 5.75 Å². The Hall–Kier alpha value is -6.80. The fourth-order valence-electron chi connectivity index (χ4n) is 7.68. The fourth-order valence-corrected chi connectivity index (χ4v) is 7.68. The number of anilines is 2. The monoisotopic (exact) mass is 866 g/mol. The molecule has 334 valence electrons. The van der Waals surface area contributed by atoms with Gasteiger partial charge in [0.15, 0.2) is 0 Å². The number of aromatic nitrogens is 1. The largest absolute Gasteiger partial charge is 0.506 e. The van der Waals surface area contributed by atoms with Crippen LogP contribution in [-0.4, -0.2) is 83.9 Å². The Kier molecular flexibility index (Phi) is 16.4. The molecule has 1 atom stereocenters. The third-order valence-corrected chi connectivity index (χ3v) is 11.4. The van der Waals surface area contributed by atoms with Crippen molar-refractivity contribution in [2.75, 3.05) is 50.0 Å². The molecule has 0 radical (unpaired) electrons. The van der Waals surface area contributed by atoms with Gasteiger partial charge in [0.25, 0.3) is 0 Å². The zero-order valence-corrected chi connectivity index (χ0v) is 36.7. The number of aryl methyl sites for hydroxylation is 2. The van der Waals surface area contributed by atoms with E-state index in [0.29, 0.717) is 61.2 Å². The highest BCUT2D eigenvalue weighted by Crippen LogP contribution is 2.29. The molecule has 64 heavy (non-hydrogen) atoms. The maximum atomic E-state index is 13.3. The quantitative estimate of drug-likeness (QED) is 0.0497. The summed E-state index contributed by atoms with van der Waals surface area (Å²) in [5.74, 6) is -0.276. The molecule has 5 aromatic rings. The molecule has 0 spiro atoms. The number of carbonyl (C=O) groups is 3. The molecular weight excluding hydrogens is 809 g/mol. The number of nitrogens with zero attached hydrogens (tertiary/aromatic N) is 2. The highest BCUT2D eigenvalue weighted by molar-refractivity contribution is 5.95. The van der Waals surface area contributed by atoms with E-state index in [9.17, 15) is 29.4 Å². The number of aliphatic hydroxyl groups excluding tert-OH is 1. The molecule has 1 aliphatic rings. The zero-order chi connectivity index (χ0) is 45.6. The first-order valence-corrected chi connectivity index (χ1v) is 21.6. The first-order chi connectivity index (χ1) is 30.8. The summed E-state index contributed by atoms with van der Waals surface area (Å²) in [7, 11) is 1.74. The Morgan fingerprint density at radius 3 is 2.53 bits per heavy atom. The summed E-state index contributed by atoms with van der Waals surface area (Å²) in [5, 5.41) is 30.8. The number of rotatable bonds is 18. The van der Waals surface area contributed by atoms with Crippen molar-refractivity contribution in [1.29, 1.82) is 0 Å². The van der Waals surface area contributed by atoms with E-state index < -0.39 is 12.2 Å². The molecule has 1 aliphatic heterocycles. The van der Waals surface area contributed by atoms with E-state index in [4.69, 9.17) is 4.74 Å². The molecule has 13 heteroatoms. The minimum atomic E-state index is -0.885. The minimum Gasteiger partial charge on any atom is -0.506 e. The number of nitrogens with one attached hydrogen (secondary N) is 4. The Morgan fingerprint density at radius 1 is 0.969 bits per heavy atom. The number of aromatic hydroxyl groups is 1. The molecule has 0 bridgehead atoms. The van der Waals surface area contributed by atoms with Crippen molar-refractivity contribution in [2.45, 2.75) is 58.3 Å². The van der Waals surface area contributed by atoms with Gasteiger partial charge in [-0.3, -0.25) is 14.4 Å². The first kappa shape index (κ1) is 46.7. The Balaban J connectivity index is 0.890. The van der Waals surface area contributed by atoms with Crippen LogP contribution in [0.25, 0.3) is 16.5 Å². The van der Waals surface area contributed by atoms with E-state index in [1.54, 1.807) is 24.1 Å². The molecule has 6 N–H and O–H groups in total. The number of fused-ring (bicyclic) bond motifs is 1. The predicted molar refractivity (Wildman–Crippen MR) is 253 cm³/mol. The van der Waals surface area contributed by atoms with Gasteiger partial charge in [-0.15, -0.1) is 0 Å². The van der Waals surface area contributed by atoms with Crippen molar-refractivity contribution in [3.63, 3.8) is 0 Å². The molecule has 0 aliphatic carbocycles. The average molecular weight is 867 g/mol. The van der Waals surface area contributed by atoms with Crippen LogP contribution in [0.4, 0.5) is 16.2 Å². The number of H-pyrrole nitrogens is 1. The molecule has 1 fully saturated rings. The summed E-state index contributed by atoms with van der Waals surface area (Å²) < 4.78 is 5.63. The van der Waals surface area contributed by atoms with Crippen molar-refractivity contribution in [2.24, 2.45) is 0 Å². The van der Waals surface area contributed by atoms with Crippen molar-refractivity contribution >= 4 is 45.8 Å². The van der Waals surface area contributed by atoms with Crippen LogP contribution in [0.3, 0.4) is 0 Å². The summed E-state index contributed by atoms with van der Waals surface area (Å²) in [5.41, 5.74) is 7.55. The van der Waals surface area contributed by atoms with Gasteiger partial charge in [0.1, 0.15) is 11.9 Å². The topological polar surface area (TPSA) is 176 Å². The van der Waals surface area contributed by atoms with Gasteiger partial charge in [0.05, 0.1) is 18.0 Å². The van der Waals surface area contributed by atoms with Crippen LogP contribution in [0.2, 0.25) is 0 Å². The molecule has 13 nitrogen and oxygen atoms in total. The van der Waals surface area contributed by atoms with E-state index in [-0.39, 0.29) is 47.7 Å². The summed E-state index contributed by atoms with van der Waals surface area (Å²) in [4.78, 5) is 57.1. The number of aliphatic hydroxyl groups is 1. The second kappa shape index (κ2) is 22.5. The molecule has 1 saturated heterocycles. The lowest BCUT2D eigenvalue weighted by Gasteiger charge is -2.31. The van der Waals surface area contributed by atoms with Crippen LogP contribution in [0, 0.1) is 13.8 Å². The lowest BCUT2D eigenvalue weighted by Crippen LogP contribution is -2.41. The van der Waals surface area contributed by atoms with Crippen LogP contribution in [0.15, 0.2) is 127 Å². The molecule has 6 rings (SSSR count). The van der Waals surface area contributed by atoms with Gasteiger partial charge in [-0.2, -0.15) is 0 Å². The number of hydrogen-bond donors (Lipinski definition) is 6. The Morgan fingerprint density at radius 2 is 1.75 bits per heavy atom. The van der Waals surface area contributed by atoms with Gasteiger partial charge in [0.2, 0.25) is 17.4 Å². The summed E-state index contributed by atoms with van der Waals surface area (Å²) in [6.07, 6.45) is 7.86. The van der Waals surface area contributed by atoms with Crippen molar-refractivity contribution in [3.8, 4) is 5.75 Å². The molecule has 0 unspecified atom stereocenters. The Labute approximate surface area is 374 Å². The van der Waals surface area contributed by atoms with E-state index in [1.807, 2.05) is 105 Å². The predicted octanol–water partition coefficient (Wildman–Crippen LogP) is 7.22. The number of benzene rings is 4. The van der Waals surface area contributed by atoms with E-state index in [0.717, 1.165) is 46.5 Å². The van der Waals surface area contributed by atoms with Gasteiger partial charge in [-0.25, -0.2) is 4.79 Å². The normalized spacial score (nSPS) is 13.9. The second-order valence-electron chi connectivity index (χ2n) is 16.1. The lowest BCUT2D eigenvalue weighted by molar-refractivity contribution is -0.118. The van der Waals surface area contributed by atoms with Gasteiger partial charge >= 0.3 is 6.09 Å². The third kappa shape index (κ3) is 13.1. The first-order valence-electron chi connectivity index (χ1n) is 21.6. The number of ether oxygens (including phenoxy) is 1. The van der Waals surface area contributed by atoms with Crippen LogP contribution in [0.1, 0.15) is 58.7 Å². The number of phenolic OH excluding ortho intramolecular Hbond substituents is 1. The van der Waals surface area contributed by atoms with Crippen LogP contribution < -0.4 is 26.4 Å². The van der Waals surface area contributed by atoms with Crippen molar-refractivity contribution < 1.29 is 29.3 Å². The van der Waals surface area contributed by atoms with Gasteiger partial charge in [-0.1, -0.05) is 85.5 Å². The van der Waals surface area contributed by atoms with Crippen LogP contribution >= 0.6 is 0 Å². The molecule has 3 amide bonds. The number of alkyl carbamates (subject to hydrolysis) is 1. The number of aromatic amines is 1. The standard InChI is InChI=1S/C51H58N6O7/c1-34(38-14-8-5-9-15-38)12-7-6-10-24-53-51(63)64-41-21-25-57(26-22-41)27-23-49(62)56(4)40-16-11-13-37(30-40)31-48(61)54-44-29-35(2)39(28-36(44)3)32-52-33-46(59)42-17-19-45(58)50-43(42)18-20-47(60)55-50/h5-20,28-30,41,46,52,58-59H,1,21-27,31-33H2,2-4H3,(H,53,63)(H,54,61)(H,55,60)/b10-6-,12-7-/t46-/m0/s1. The maximum Gasteiger partial charge on any atom is 0.407 e. The SMILES string of the molecule is C=C(/C=C\C=C/CNC(=O)OC1CCN(CCC(=O)N(C)c2cccc(CC(=O)Nc3cc(C)c(CNC[C@H](O)c4ccc(O)c5[nH]c(=O)ccc45)cc3C)c2)CC1)c1ccccc1. The van der Waals surface area contributed by atoms with E-state index in [2.05, 4.69) is 32.4 Å². The zero-order valence-electron chi connectivity index (χ0n) is 36.7. The second-order valence-corrected chi connectivity index (χ2v) is 16.1. The van der Waals surface area contributed by atoms with Crippen molar-refractivity contribution in [3.05, 3.63) is 166 Å². The van der Waals surface area contributed by atoms with Gasteiger partial charge < -0.3 is 45.7 Å². The number of pyridine rings is 1. The number of piperidine rings is 1. The molecule has 0 saturated carbocycles. The number of hydrogen-bond acceptors (Lipinski definition) is 9. The fraction of sp³-hybridized carbons (Fsp3) is 0.294. The smallest absolute Gasteiger partial charge is 0.407 e.